The fourth-order valence-electron chi connectivity index (χ4n) is 2.04. The van der Waals surface area contributed by atoms with E-state index < -0.39 is 0 Å². The first-order chi connectivity index (χ1) is 10.7. The van der Waals surface area contributed by atoms with Crippen molar-refractivity contribution in [3.63, 3.8) is 0 Å². The number of aromatic nitrogens is 2. The monoisotopic (exact) mass is 309 g/mol. The summed E-state index contributed by atoms with van der Waals surface area (Å²) in [7, 11) is 1.78. The van der Waals surface area contributed by atoms with Crippen LogP contribution >= 0.6 is 11.3 Å². The van der Waals surface area contributed by atoms with Crippen molar-refractivity contribution in [3.8, 4) is 0 Å². The molecule has 4 nitrogen and oxygen atoms in total. The molecule has 0 unspecified atom stereocenters. The lowest BCUT2D eigenvalue weighted by Crippen LogP contribution is -2.23. The minimum absolute atomic E-state index is 0.0453. The van der Waals surface area contributed by atoms with Crippen LogP contribution in [-0.2, 0) is 11.3 Å². The van der Waals surface area contributed by atoms with Gasteiger partial charge in [0.05, 0.1) is 16.8 Å². The summed E-state index contributed by atoms with van der Waals surface area (Å²) in [4.78, 5) is 22.3. The first-order valence-corrected chi connectivity index (χ1v) is 7.72. The van der Waals surface area contributed by atoms with Crippen molar-refractivity contribution in [2.75, 3.05) is 7.05 Å². The molecule has 5 heteroatoms. The number of hydrogen-bond donors (Lipinski definition) is 0. The summed E-state index contributed by atoms with van der Waals surface area (Å²) < 4.78 is 1.14. The Bertz CT molecular complexity index is 778. The van der Waals surface area contributed by atoms with E-state index in [2.05, 4.69) is 9.97 Å². The van der Waals surface area contributed by atoms with Gasteiger partial charge in [-0.3, -0.25) is 9.78 Å². The summed E-state index contributed by atoms with van der Waals surface area (Å²) in [5.41, 5.74) is 1.94. The molecule has 0 spiro atoms. The van der Waals surface area contributed by atoms with Gasteiger partial charge in [-0.1, -0.05) is 12.1 Å². The molecule has 0 bridgehead atoms. The SMILES string of the molecule is CN(Cc1nc2ccccc2s1)C(=O)/C=C/c1ccncc1. The Kier molecular flexibility index (Phi) is 4.25. The zero-order valence-corrected chi connectivity index (χ0v) is 13.0. The van der Waals surface area contributed by atoms with E-state index in [1.807, 2.05) is 36.4 Å². The Morgan fingerprint density at radius 1 is 1.23 bits per heavy atom. The van der Waals surface area contributed by atoms with Gasteiger partial charge in [-0.2, -0.15) is 0 Å². The highest BCUT2D eigenvalue weighted by molar-refractivity contribution is 7.18. The molecule has 3 rings (SSSR count). The summed E-state index contributed by atoms with van der Waals surface area (Å²) in [5, 5.41) is 0.939. The van der Waals surface area contributed by atoms with E-state index in [0.29, 0.717) is 6.54 Å². The molecule has 3 aromatic rings. The maximum absolute atomic E-state index is 12.1. The Morgan fingerprint density at radius 3 is 2.77 bits per heavy atom. The smallest absolute Gasteiger partial charge is 0.246 e. The first kappa shape index (κ1) is 14.4. The van der Waals surface area contributed by atoms with Gasteiger partial charge in [0.15, 0.2) is 0 Å². The Balaban J connectivity index is 1.67. The lowest BCUT2D eigenvalue weighted by Gasteiger charge is -2.12. The van der Waals surface area contributed by atoms with Crippen LogP contribution in [0.25, 0.3) is 16.3 Å². The molecule has 110 valence electrons. The lowest BCUT2D eigenvalue weighted by molar-refractivity contribution is -0.125. The number of thiazole rings is 1. The van der Waals surface area contributed by atoms with Crippen LogP contribution in [0, 0.1) is 0 Å². The van der Waals surface area contributed by atoms with Crippen LogP contribution in [0.2, 0.25) is 0 Å². The minimum atomic E-state index is -0.0453. The van der Waals surface area contributed by atoms with Crippen LogP contribution < -0.4 is 0 Å². The van der Waals surface area contributed by atoms with Gasteiger partial charge < -0.3 is 4.90 Å². The Morgan fingerprint density at radius 2 is 2.00 bits per heavy atom. The van der Waals surface area contributed by atoms with Crippen molar-refractivity contribution in [1.29, 1.82) is 0 Å². The Hall–Kier alpha value is -2.53. The molecule has 0 fully saturated rings. The van der Waals surface area contributed by atoms with Gasteiger partial charge in [0.1, 0.15) is 5.01 Å². The summed E-state index contributed by atoms with van der Waals surface area (Å²) >= 11 is 1.62. The lowest BCUT2D eigenvalue weighted by atomic mass is 10.2. The maximum Gasteiger partial charge on any atom is 0.246 e. The van der Waals surface area contributed by atoms with E-state index in [9.17, 15) is 4.79 Å². The van der Waals surface area contributed by atoms with E-state index in [1.165, 1.54) is 0 Å². The number of fused-ring (bicyclic) bond motifs is 1. The molecular formula is C17H15N3OS. The molecule has 1 aromatic carbocycles. The van der Waals surface area contributed by atoms with E-state index in [0.717, 1.165) is 20.8 Å². The first-order valence-electron chi connectivity index (χ1n) is 6.90. The summed E-state index contributed by atoms with van der Waals surface area (Å²) in [6.07, 6.45) is 6.77. The zero-order valence-electron chi connectivity index (χ0n) is 12.1. The molecule has 0 atom stereocenters. The number of hydrogen-bond acceptors (Lipinski definition) is 4. The fraction of sp³-hybridized carbons (Fsp3) is 0.118. The number of pyridine rings is 1. The van der Waals surface area contributed by atoms with Gasteiger partial charge in [0, 0.05) is 25.5 Å². The third-order valence-corrected chi connectivity index (χ3v) is 4.23. The third kappa shape index (κ3) is 3.38. The molecule has 0 aliphatic carbocycles. The number of para-hydroxylation sites is 1. The van der Waals surface area contributed by atoms with E-state index in [1.54, 1.807) is 47.8 Å². The molecule has 0 aliphatic rings. The highest BCUT2D eigenvalue weighted by atomic mass is 32.1. The normalized spacial score (nSPS) is 11.1. The molecule has 0 saturated carbocycles. The number of amides is 1. The van der Waals surface area contributed by atoms with Gasteiger partial charge in [-0.05, 0) is 35.9 Å². The van der Waals surface area contributed by atoms with Crippen molar-refractivity contribution in [2.45, 2.75) is 6.54 Å². The average molecular weight is 309 g/mol. The van der Waals surface area contributed by atoms with Crippen LogP contribution in [0.1, 0.15) is 10.6 Å². The number of carbonyl (C=O) groups excluding carboxylic acids is 1. The van der Waals surface area contributed by atoms with Crippen molar-refractivity contribution >= 4 is 33.5 Å². The van der Waals surface area contributed by atoms with Gasteiger partial charge in [-0.25, -0.2) is 4.98 Å². The van der Waals surface area contributed by atoms with Crippen molar-refractivity contribution in [3.05, 3.63) is 65.4 Å². The second-order valence-corrected chi connectivity index (χ2v) is 6.00. The van der Waals surface area contributed by atoms with Crippen LogP contribution in [0.3, 0.4) is 0 Å². The molecule has 2 heterocycles. The van der Waals surface area contributed by atoms with Crippen LogP contribution in [0.5, 0.6) is 0 Å². The quantitative estimate of drug-likeness (QED) is 0.694. The van der Waals surface area contributed by atoms with Crippen LogP contribution in [0.15, 0.2) is 54.9 Å². The predicted molar refractivity (Wildman–Crippen MR) is 89.4 cm³/mol. The highest BCUT2D eigenvalue weighted by Gasteiger charge is 2.09. The van der Waals surface area contributed by atoms with Gasteiger partial charge in [0.2, 0.25) is 5.91 Å². The second-order valence-electron chi connectivity index (χ2n) is 4.88. The summed E-state index contributed by atoms with van der Waals surface area (Å²) in [5.74, 6) is -0.0453. The fourth-order valence-corrected chi connectivity index (χ4v) is 3.06. The number of carbonyl (C=O) groups is 1. The second kappa shape index (κ2) is 6.49. The van der Waals surface area contributed by atoms with Crippen molar-refractivity contribution in [1.82, 2.24) is 14.9 Å². The summed E-state index contributed by atoms with van der Waals surface area (Å²) in [6.45, 7) is 0.513. The molecule has 1 amide bonds. The molecular weight excluding hydrogens is 294 g/mol. The largest absolute Gasteiger partial charge is 0.335 e. The standard InChI is InChI=1S/C17H15N3OS/c1-20(17(21)7-6-13-8-10-18-11-9-13)12-16-19-14-4-2-3-5-15(14)22-16/h2-11H,12H2,1H3/b7-6+. The minimum Gasteiger partial charge on any atom is -0.335 e. The molecule has 22 heavy (non-hydrogen) atoms. The van der Waals surface area contributed by atoms with Crippen LogP contribution in [-0.4, -0.2) is 27.8 Å². The zero-order chi connectivity index (χ0) is 15.4. The van der Waals surface area contributed by atoms with Gasteiger partial charge >= 0.3 is 0 Å². The van der Waals surface area contributed by atoms with E-state index >= 15 is 0 Å². The van der Waals surface area contributed by atoms with Crippen molar-refractivity contribution < 1.29 is 4.79 Å². The molecule has 2 aromatic heterocycles. The van der Waals surface area contributed by atoms with Gasteiger partial charge in [0.25, 0.3) is 0 Å². The average Bonchev–Trinajstić information content (AvgIpc) is 2.95. The number of nitrogens with zero attached hydrogens (tertiary/aromatic N) is 3. The third-order valence-electron chi connectivity index (χ3n) is 3.21. The van der Waals surface area contributed by atoms with Crippen LogP contribution in [0.4, 0.5) is 0 Å². The molecule has 0 aliphatic heterocycles. The molecule has 0 N–H and O–H groups in total. The van der Waals surface area contributed by atoms with Gasteiger partial charge in [-0.15, -0.1) is 11.3 Å². The molecule has 0 saturated heterocycles. The maximum atomic E-state index is 12.1. The number of benzene rings is 1. The Labute approximate surface area is 132 Å². The topological polar surface area (TPSA) is 46.1 Å². The van der Waals surface area contributed by atoms with E-state index in [-0.39, 0.29) is 5.91 Å². The summed E-state index contributed by atoms with van der Waals surface area (Å²) in [6, 6.07) is 11.7. The highest BCUT2D eigenvalue weighted by Crippen LogP contribution is 2.22. The van der Waals surface area contributed by atoms with E-state index in [4.69, 9.17) is 0 Å². The number of likely N-dealkylation sites (N-methyl/N-ethyl adjacent to an activating group) is 1. The van der Waals surface area contributed by atoms with Crippen molar-refractivity contribution in [2.24, 2.45) is 0 Å². The number of rotatable bonds is 4. The molecule has 0 radical (unpaired) electrons. The predicted octanol–water partition coefficient (Wildman–Crippen LogP) is 3.36.